The molecule has 1 unspecified atom stereocenters. The third kappa shape index (κ3) is 2.66. The fourth-order valence-corrected chi connectivity index (χ4v) is 5.70. The third-order valence-corrected chi connectivity index (χ3v) is 7.14. The van der Waals surface area contributed by atoms with Gasteiger partial charge >= 0.3 is 0 Å². The maximum absolute atomic E-state index is 5.01. The Morgan fingerprint density at radius 3 is 2.36 bits per heavy atom. The average molecular weight is 350 g/mol. The van der Waals surface area contributed by atoms with Crippen LogP contribution >= 0.6 is 8.37 Å². The lowest BCUT2D eigenvalue weighted by molar-refractivity contribution is 0.505. The van der Waals surface area contributed by atoms with Crippen LogP contribution in [0.4, 0.5) is 11.4 Å². The van der Waals surface area contributed by atoms with E-state index in [4.69, 9.17) is 5.10 Å². The number of para-hydroxylation sites is 2. The molecule has 0 amide bonds. The molecule has 0 fully saturated rings. The van der Waals surface area contributed by atoms with E-state index >= 15 is 0 Å². The van der Waals surface area contributed by atoms with Crippen molar-refractivity contribution >= 4 is 31.2 Å². The molecule has 25 heavy (non-hydrogen) atoms. The molecule has 4 rings (SSSR count). The molecule has 2 aliphatic rings. The van der Waals surface area contributed by atoms with E-state index in [0.29, 0.717) is 0 Å². The number of hydrazone groups is 1. The molecule has 0 bridgehead atoms. The van der Waals surface area contributed by atoms with Crippen LogP contribution in [-0.2, 0) is 0 Å². The van der Waals surface area contributed by atoms with E-state index in [2.05, 4.69) is 95.6 Å². The van der Waals surface area contributed by atoms with Crippen LogP contribution in [0.5, 0.6) is 0 Å². The van der Waals surface area contributed by atoms with Gasteiger partial charge in [-0.1, -0.05) is 50.2 Å². The molecular formula is C20H23N4P. The molecule has 2 aliphatic heterocycles. The fourth-order valence-electron chi connectivity index (χ4n) is 3.37. The van der Waals surface area contributed by atoms with E-state index in [1.54, 1.807) is 0 Å². The number of amidine groups is 1. The smallest absolute Gasteiger partial charge is 0.206 e. The summed E-state index contributed by atoms with van der Waals surface area (Å²) < 4.78 is 7.14. The number of allylic oxidation sites excluding steroid dienone is 1. The van der Waals surface area contributed by atoms with Crippen molar-refractivity contribution in [2.45, 2.75) is 20.8 Å². The molecule has 2 aromatic rings. The first-order valence-electron chi connectivity index (χ1n) is 8.81. The van der Waals surface area contributed by atoms with Crippen molar-refractivity contribution in [3.05, 3.63) is 66.2 Å². The summed E-state index contributed by atoms with van der Waals surface area (Å²) in [6.45, 7) is 8.61. The second-order valence-corrected chi connectivity index (χ2v) is 8.03. The lowest BCUT2D eigenvalue weighted by atomic mass is 10.0. The molecule has 128 valence electrons. The van der Waals surface area contributed by atoms with Crippen molar-refractivity contribution in [1.82, 2.24) is 4.67 Å². The molecular weight excluding hydrogens is 327 g/mol. The minimum Gasteiger partial charge on any atom is -0.271 e. The predicted octanol–water partition coefficient (Wildman–Crippen LogP) is 5.31. The molecule has 2 heterocycles. The lowest BCUT2D eigenvalue weighted by Crippen LogP contribution is -2.34. The number of anilines is 2. The van der Waals surface area contributed by atoms with Crippen LogP contribution < -0.4 is 9.45 Å². The van der Waals surface area contributed by atoms with Crippen LogP contribution in [0.1, 0.15) is 26.3 Å². The monoisotopic (exact) mass is 350 g/mol. The van der Waals surface area contributed by atoms with Gasteiger partial charge in [-0.15, -0.1) is 5.10 Å². The average Bonchev–Trinajstić information content (AvgIpc) is 3.03. The molecule has 0 spiro atoms. The fraction of sp³-hybridized carbons (Fsp3) is 0.250. The molecule has 0 saturated heterocycles. The molecule has 0 N–H and O–H groups in total. The Kier molecular flexibility index (Phi) is 4.32. The van der Waals surface area contributed by atoms with Gasteiger partial charge < -0.3 is 0 Å². The van der Waals surface area contributed by atoms with E-state index < -0.39 is 8.37 Å². The van der Waals surface area contributed by atoms with Crippen molar-refractivity contribution in [1.29, 1.82) is 0 Å². The normalized spacial score (nSPS) is 18.8. The minimum atomic E-state index is -0.760. The summed E-state index contributed by atoms with van der Waals surface area (Å²) >= 11 is 0. The summed E-state index contributed by atoms with van der Waals surface area (Å²) in [5.74, 6) is 1.04. The highest BCUT2D eigenvalue weighted by molar-refractivity contribution is 7.60. The molecule has 0 aliphatic carbocycles. The Balaban J connectivity index is 1.87. The van der Waals surface area contributed by atoms with Gasteiger partial charge in [0.2, 0.25) is 8.37 Å². The Morgan fingerprint density at radius 1 is 0.960 bits per heavy atom. The second kappa shape index (κ2) is 6.62. The first kappa shape index (κ1) is 16.3. The number of hydrogen-bond donors (Lipinski definition) is 0. The zero-order valence-electron chi connectivity index (χ0n) is 14.9. The topological polar surface area (TPSA) is 22.1 Å². The van der Waals surface area contributed by atoms with Crippen LogP contribution in [0.15, 0.2) is 65.8 Å². The van der Waals surface area contributed by atoms with Crippen LogP contribution in [0.2, 0.25) is 0 Å². The molecule has 0 saturated carbocycles. The van der Waals surface area contributed by atoms with Crippen molar-refractivity contribution in [2.24, 2.45) is 5.10 Å². The van der Waals surface area contributed by atoms with Crippen LogP contribution in [0, 0.1) is 0 Å². The van der Waals surface area contributed by atoms with Gasteiger partial charge in [0, 0.05) is 18.7 Å². The molecule has 0 aromatic heterocycles. The third-order valence-electron chi connectivity index (χ3n) is 4.64. The number of hydrogen-bond acceptors (Lipinski definition) is 4. The first-order valence-corrected chi connectivity index (χ1v) is 10.0. The molecule has 0 radical (unpaired) electrons. The van der Waals surface area contributed by atoms with E-state index in [1.807, 2.05) is 0 Å². The highest BCUT2D eigenvalue weighted by atomic mass is 31.2. The molecule has 5 heteroatoms. The summed E-state index contributed by atoms with van der Waals surface area (Å²) in [6.07, 6.45) is 2.21. The molecule has 2 aromatic carbocycles. The second-order valence-electron chi connectivity index (χ2n) is 6.15. The Bertz CT molecular complexity index is 827. The first-order chi connectivity index (χ1) is 12.2. The van der Waals surface area contributed by atoms with Crippen LogP contribution in [0.25, 0.3) is 5.57 Å². The molecule has 4 nitrogen and oxygen atoms in total. The van der Waals surface area contributed by atoms with E-state index in [0.717, 1.165) is 24.6 Å². The largest absolute Gasteiger partial charge is 0.271 e. The Labute approximate surface area is 151 Å². The molecule has 1 atom stereocenters. The van der Waals surface area contributed by atoms with Crippen molar-refractivity contribution in [2.75, 3.05) is 22.5 Å². The van der Waals surface area contributed by atoms with Gasteiger partial charge in [-0.2, -0.15) is 0 Å². The zero-order chi connectivity index (χ0) is 17.4. The zero-order valence-corrected chi connectivity index (χ0v) is 15.8. The van der Waals surface area contributed by atoms with E-state index in [-0.39, 0.29) is 0 Å². The summed E-state index contributed by atoms with van der Waals surface area (Å²) in [5.41, 5.74) is 4.98. The van der Waals surface area contributed by atoms with Gasteiger partial charge in [0.05, 0.1) is 11.4 Å². The number of rotatable bonds is 4. The maximum atomic E-state index is 5.01. The van der Waals surface area contributed by atoms with E-state index in [9.17, 15) is 0 Å². The van der Waals surface area contributed by atoms with Crippen LogP contribution in [-0.4, -0.2) is 23.6 Å². The summed E-state index contributed by atoms with van der Waals surface area (Å²) in [7, 11) is -0.760. The van der Waals surface area contributed by atoms with Gasteiger partial charge in [0.1, 0.15) is 0 Å². The van der Waals surface area contributed by atoms with E-state index in [1.165, 1.54) is 16.8 Å². The van der Waals surface area contributed by atoms with Gasteiger partial charge in [-0.3, -0.25) is 4.67 Å². The Morgan fingerprint density at radius 2 is 1.64 bits per heavy atom. The Hall–Kier alpha value is -2.16. The summed E-state index contributed by atoms with van der Waals surface area (Å²) in [4.78, 5) is 0. The van der Waals surface area contributed by atoms with Gasteiger partial charge in [0.15, 0.2) is 5.84 Å². The standard InChI is InChI=1S/C20H23N4P/c1-4-22(5-2)25-23-19-14-10-9-13-18(19)16(3)15-20(23)21-24(25)17-11-7-6-8-12-17/h6-15H,4-5H2,1-3H3. The van der Waals surface area contributed by atoms with Crippen molar-refractivity contribution < 1.29 is 0 Å². The quantitative estimate of drug-likeness (QED) is 0.698. The lowest BCUT2D eigenvalue weighted by Gasteiger charge is -2.39. The van der Waals surface area contributed by atoms with Crippen molar-refractivity contribution in [3.8, 4) is 0 Å². The van der Waals surface area contributed by atoms with Gasteiger partial charge in [-0.05, 0) is 36.8 Å². The van der Waals surface area contributed by atoms with Crippen molar-refractivity contribution in [3.63, 3.8) is 0 Å². The van der Waals surface area contributed by atoms with Gasteiger partial charge in [-0.25, -0.2) is 9.45 Å². The summed E-state index contributed by atoms with van der Waals surface area (Å²) in [5, 5.41) is 5.01. The number of fused-ring (bicyclic) bond motifs is 3. The minimum absolute atomic E-state index is 0.760. The van der Waals surface area contributed by atoms with Gasteiger partial charge in [0.25, 0.3) is 0 Å². The van der Waals surface area contributed by atoms with Crippen LogP contribution in [0.3, 0.4) is 0 Å². The predicted molar refractivity (Wildman–Crippen MR) is 109 cm³/mol. The summed E-state index contributed by atoms with van der Waals surface area (Å²) in [6, 6.07) is 19.2. The maximum Gasteiger partial charge on any atom is 0.206 e. The highest BCUT2D eigenvalue weighted by Gasteiger charge is 2.41. The SMILES string of the molecule is CCN(CC)P1N(c2ccccc2)N=C2C=C(C)c3ccccc3N21. The highest BCUT2D eigenvalue weighted by Crippen LogP contribution is 2.58. The number of benzene rings is 2. The number of nitrogens with zero attached hydrogens (tertiary/aromatic N) is 4.